The molecule has 0 saturated carbocycles. The Morgan fingerprint density at radius 1 is 1.29 bits per heavy atom. The van der Waals surface area contributed by atoms with Crippen molar-refractivity contribution in [3.05, 3.63) is 51.2 Å². The van der Waals surface area contributed by atoms with Crippen molar-refractivity contribution in [2.75, 3.05) is 5.75 Å². The van der Waals surface area contributed by atoms with E-state index >= 15 is 0 Å². The molecule has 0 saturated heterocycles. The van der Waals surface area contributed by atoms with E-state index in [4.69, 9.17) is 17.3 Å². The molecule has 2 aromatic rings. The van der Waals surface area contributed by atoms with Gasteiger partial charge in [0.25, 0.3) is 0 Å². The Morgan fingerprint density at radius 2 is 2.06 bits per heavy atom. The first kappa shape index (κ1) is 13.0. The molecule has 1 aromatic carbocycles. The lowest BCUT2D eigenvalue weighted by atomic mass is 10.3. The molecule has 1 heterocycles. The number of aryl methyl sites for hydroxylation is 1. The lowest BCUT2D eigenvalue weighted by molar-refractivity contribution is 0.852. The van der Waals surface area contributed by atoms with Gasteiger partial charge in [-0.05, 0) is 31.2 Å². The fraction of sp³-hybridized carbons (Fsp3) is 0.231. The van der Waals surface area contributed by atoms with Crippen LogP contribution < -0.4 is 5.73 Å². The molecule has 0 fully saturated rings. The summed E-state index contributed by atoms with van der Waals surface area (Å²) in [6.07, 6.45) is 0. The van der Waals surface area contributed by atoms with Crippen LogP contribution >= 0.6 is 34.7 Å². The van der Waals surface area contributed by atoms with Crippen LogP contribution in [0.3, 0.4) is 0 Å². The van der Waals surface area contributed by atoms with Gasteiger partial charge in [-0.1, -0.05) is 23.7 Å². The zero-order valence-corrected chi connectivity index (χ0v) is 11.9. The first-order valence-electron chi connectivity index (χ1n) is 5.36. The summed E-state index contributed by atoms with van der Waals surface area (Å²) in [5.74, 6) is 0.851. The largest absolute Gasteiger partial charge is 0.323 e. The third-order valence-corrected chi connectivity index (χ3v) is 5.15. The normalized spacial score (nSPS) is 12.6. The maximum absolute atomic E-state index is 6.15. The van der Waals surface area contributed by atoms with Crippen molar-refractivity contribution >= 4 is 34.7 Å². The van der Waals surface area contributed by atoms with Crippen LogP contribution in [0.4, 0.5) is 0 Å². The molecule has 1 unspecified atom stereocenters. The number of thiophene rings is 1. The third-order valence-electron chi connectivity index (χ3n) is 2.38. The Morgan fingerprint density at radius 3 is 2.71 bits per heavy atom. The van der Waals surface area contributed by atoms with E-state index in [1.54, 1.807) is 23.1 Å². The predicted molar refractivity (Wildman–Crippen MR) is 78.2 cm³/mol. The standard InChI is InChI=1S/C13H14ClNS2/c1-9-6-7-13(17-9)11(15)8-16-12-5-3-2-4-10(12)14/h2-7,11H,8,15H2,1H3. The smallest absolute Gasteiger partial charge is 0.0541 e. The molecular weight excluding hydrogens is 270 g/mol. The Labute approximate surface area is 115 Å². The average molecular weight is 284 g/mol. The Hall–Kier alpha value is -0.480. The minimum absolute atomic E-state index is 0.0787. The molecule has 0 bridgehead atoms. The van der Waals surface area contributed by atoms with Gasteiger partial charge in [-0.3, -0.25) is 0 Å². The predicted octanol–water partition coefficient (Wildman–Crippen LogP) is 4.50. The van der Waals surface area contributed by atoms with E-state index in [0.29, 0.717) is 0 Å². The monoisotopic (exact) mass is 283 g/mol. The topological polar surface area (TPSA) is 26.0 Å². The lowest BCUT2D eigenvalue weighted by Gasteiger charge is -2.09. The minimum Gasteiger partial charge on any atom is -0.323 e. The van der Waals surface area contributed by atoms with Crippen LogP contribution in [0.15, 0.2) is 41.3 Å². The molecule has 0 aliphatic heterocycles. The molecule has 17 heavy (non-hydrogen) atoms. The molecule has 0 spiro atoms. The highest BCUT2D eigenvalue weighted by molar-refractivity contribution is 7.99. The molecule has 90 valence electrons. The van der Waals surface area contributed by atoms with Gasteiger partial charge < -0.3 is 5.73 Å². The van der Waals surface area contributed by atoms with Gasteiger partial charge in [-0.15, -0.1) is 23.1 Å². The minimum atomic E-state index is 0.0787. The van der Waals surface area contributed by atoms with Gasteiger partial charge in [0, 0.05) is 26.4 Å². The highest BCUT2D eigenvalue weighted by Gasteiger charge is 2.09. The maximum atomic E-state index is 6.15. The number of rotatable bonds is 4. The van der Waals surface area contributed by atoms with E-state index in [9.17, 15) is 0 Å². The van der Waals surface area contributed by atoms with Crippen LogP contribution in [0.5, 0.6) is 0 Å². The van der Waals surface area contributed by atoms with Gasteiger partial charge in [-0.2, -0.15) is 0 Å². The molecule has 2 N–H and O–H groups in total. The van der Waals surface area contributed by atoms with E-state index in [2.05, 4.69) is 19.1 Å². The fourth-order valence-corrected chi connectivity index (χ4v) is 3.68. The van der Waals surface area contributed by atoms with Crippen molar-refractivity contribution in [2.45, 2.75) is 17.9 Å². The number of hydrogen-bond donors (Lipinski definition) is 1. The Balaban J connectivity index is 1.97. The fourth-order valence-electron chi connectivity index (χ4n) is 1.48. The summed E-state index contributed by atoms with van der Waals surface area (Å²) in [6, 6.07) is 12.2. The van der Waals surface area contributed by atoms with Crippen molar-refractivity contribution in [3.8, 4) is 0 Å². The maximum Gasteiger partial charge on any atom is 0.0541 e. The number of hydrogen-bond acceptors (Lipinski definition) is 3. The second kappa shape index (κ2) is 5.91. The summed E-state index contributed by atoms with van der Waals surface area (Å²) in [7, 11) is 0. The van der Waals surface area contributed by atoms with Crippen molar-refractivity contribution in [1.29, 1.82) is 0 Å². The molecule has 0 aliphatic carbocycles. The van der Waals surface area contributed by atoms with Gasteiger partial charge in [0.2, 0.25) is 0 Å². The van der Waals surface area contributed by atoms with Gasteiger partial charge >= 0.3 is 0 Å². The van der Waals surface area contributed by atoms with Crippen molar-refractivity contribution in [1.82, 2.24) is 0 Å². The zero-order valence-electron chi connectivity index (χ0n) is 9.52. The van der Waals surface area contributed by atoms with Gasteiger partial charge in [0.15, 0.2) is 0 Å². The van der Waals surface area contributed by atoms with Crippen molar-refractivity contribution < 1.29 is 0 Å². The second-order valence-electron chi connectivity index (χ2n) is 3.80. The summed E-state index contributed by atoms with van der Waals surface area (Å²) in [5.41, 5.74) is 6.15. The molecule has 4 heteroatoms. The number of benzene rings is 1. The van der Waals surface area contributed by atoms with Gasteiger partial charge in [-0.25, -0.2) is 0 Å². The zero-order chi connectivity index (χ0) is 12.3. The van der Waals surface area contributed by atoms with Crippen molar-refractivity contribution in [2.24, 2.45) is 5.73 Å². The van der Waals surface area contributed by atoms with Crippen LogP contribution in [-0.4, -0.2) is 5.75 Å². The molecule has 0 aliphatic rings. The summed E-state index contributed by atoms with van der Waals surface area (Å²) < 4.78 is 0. The summed E-state index contributed by atoms with van der Waals surface area (Å²) >= 11 is 9.57. The first-order chi connectivity index (χ1) is 8.16. The number of halogens is 1. The van der Waals surface area contributed by atoms with Crippen LogP contribution in [0.1, 0.15) is 15.8 Å². The van der Waals surface area contributed by atoms with Crippen LogP contribution in [0, 0.1) is 6.92 Å². The summed E-state index contributed by atoms with van der Waals surface area (Å²) in [4.78, 5) is 3.64. The molecule has 0 radical (unpaired) electrons. The summed E-state index contributed by atoms with van der Waals surface area (Å²) in [5, 5.41) is 0.798. The van der Waals surface area contributed by atoms with E-state index in [-0.39, 0.29) is 6.04 Å². The molecular formula is C13H14ClNS2. The van der Waals surface area contributed by atoms with Crippen molar-refractivity contribution in [3.63, 3.8) is 0 Å². The Kier molecular flexibility index (Phi) is 4.51. The number of thioether (sulfide) groups is 1. The average Bonchev–Trinajstić information content (AvgIpc) is 2.74. The lowest BCUT2D eigenvalue weighted by Crippen LogP contribution is -2.11. The van der Waals surface area contributed by atoms with Gasteiger partial charge in [0.1, 0.15) is 0 Å². The third kappa shape index (κ3) is 3.49. The highest BCUT2D eigenvalue weighted by atomic mass is 35.5. The van der Waals surface area contributed by atoms with Crippen LogP contribution in [0.2, 0.25) is 5.02 Å². The molecule has 1 aromatic heterocycles. The highest BCUT2D eigenvalue weighted by Crippen LogP contribution is 2.31. The quantitative estimate of drug-likeness (QED) is 0.836. The molecule has 1 nitrogen and oxygen atoms in total. The Bertz CT molecular complexity index is 496. The molecule has 1 atom stereocenters. The summed E-state index contributed by atoms with van der Waals surface area (Å²) in [6.45, 7) is 2.10. The molecule has 2 rings (SSSR count). The molecule has 0 amide bonds. The van der Waals surface area contributed by atoms with Gasteiger partial charge in [0.05, 0.1) is 5.02 Å². The van der Waals surface area contributed by atoms with E-state index in [0.717, 1.165) is 15.7 Å². The second-order valence-corrected chi connectivity index (χ2v) is 6.58. The van der Waals surface area contributed by atoms with Crippen LogP contribution in [0.25, 0.3) is 0 Å². The van der Waals surface area contributed by atoms with E-state index in [1.807, 2.05) is 24.3 Å². The SMILES string of the molecule is Cc1ccc(C(N)CSc2ccccc2Cl)s1. The van der Waals surface area contributed by atoms with E-state index in [1.165, 1.54) is 9.75 Å². The number of nitrogens with two attached hydrogens (primary N) is 1. The van der Waals surface area contributed by atoms with E-state index < -0.39 is 0 Å². The first-order valence-corrected chi connectivity index (χ1v) is 7.54. The van der Waals surface area contributed by atoms with Crippen LogP contribution in [-0.2, 0) is 0 Å².